The molecular formula is C14H18F3NO. The molecule has 1 saturated carbocycles. The van der Waals surface area contributed by atoms with Crippen molar-refractivity contribution in [1.82, 2.24) is 0 Å². The molecule has 0 amide bonds. The predicted octanol–water partition coefficient (Wildman–Crippen LogP) is 4.25. The van der Waals surface area contributed by atoms with Gasteiger partial charge in [0.15, 0.2) is 0 Å². The molecule has 0 aromatic heterocycles. The van der Waals surface area contributed by atoms with Crippen LogP contribution in [0.2, 0.25) is 0 Å². The lowest BCUT2D eigenvalue weighted by Crippen LogP contribution is -2.16. The number of ether oxygens (including phenoxy) is 1. The highest BCUT2D eigenvalue weighted by Gasteiger charge is 2.31. The van der Waals surface area contributed by atoms with Gasteiger partial charge in [0.1, 0.15) is 5.75 Å². The number of anilines is 1. The van der Waals surface area contributed by atoms with Crippen molar-refractivity contribution >= 4 is 5.69 Å². The molecular weight excluding hydrogens is 255 g/mol. The predicted molar refractivity (Wildman–Crippen MR) is 67.9 cm³/mol. The highest BCUT2D eigenvalue weighted by molar-refractivity contribution is 5.54. The summed E-state index contributed by atoms with van der Waals surface area (Å²) in [6.07, 6.45) is 1.56. The van der Waals surface area contributed by atoms with Crippen LogP contribution in [0.5, 0.6) is 5.75 Å². The molecule has 0 aliphatic heterocycles. The smallest absolute Gasteiger partial charge is 0.416 e. The zero-order valence-corrected chi connectivity index (χ0v) is 10.7. The monoisotopic (exact) mass is 273 g/mol. The molecule has 19 heavy (non-hydrogen) atoms. The van der Waals surface area contributed by atoms with Crippen molar-refractivity contribution in [3.05, 3.63) is 23.8 Å². The van der Waals surface area contributed by atoms with Crippen LogP contribution in [0.15, 0.2) is 18.2 Å². The largest absolute Gasteiger partial charge is 0.491 e. The fourth-order valence-corrected chi connectivity index (χ4v) is 2.42. The number of rotatable bonds is 3. The minimum Gasteiger partial charge on any atom is -0.491 e. The van der Waals surface area contributed by atoms with Crippen LogP contribution < -0.4 is 10.5 Å². The van der Waals surface area contributed by atoms with Gasteiger partial charge >= 0.3 is 6.18 Å². The third-order valence-electron chi connectivity index (χ3n) is 3.54. The number of nitrogens with two attached hydrogens (primary N) is 1. The van der Waals surface area contributed by atoms with Crippen LogP contribution >= 0.6 is 0 Å². The lowest BCUT2D eigenvalue weighted by molar-refractivity contribution is -0.137. The Morgan fingerprint density at radius 3 is 2.42 bits per heavy atom. The van der Waals surface area contributed by atoms with E-state index in [1.54, 1.807) is 0 Å². The number of halogens is 3. The summed E-state index contributed by atoms with van der Waals surface area (Å²) in [6, 6.07) is 3.24. The van der Waals surface area contributed by atoms with Crippen molar-refractivity contribution in [3.8, 4) is 5.75 Å². The van der Waals surface area contributed by atoms with Crippen LogP contribution in [0, 0.1) is 5.92 Å². The molecule has 106 valence electrons. The Labute approximate surface area is 110 Å². The van der Waals surface area contributed by atoms with Gasteiger partial charge in [-0.15, -0.1) is 0 Å². The summed E-state index contributed by atoms with van der Waals surface area (Å²) in [5.74, 6) is 0.842. The number of hydrogen-bond acceptors (Lipinski definition) is 2. The van der Waals surface area contributed by atoms with Crippen molar-refractivity contribution < 1.29 is 17.9 Å². The van der Waals surface area contributed by atoms with Gasteiger partial charge in [0, 0.05) is 0 Å². The minimum atomic E-state index is -4.37. The fourth-order valence-electron chi connectivity index (χ4n) is 2.42. The summed E-state index contributed by atoms with van der Waals surface area (Å²) in [5.41, 5.74) is 4.91. The van der Waals surface area contributed by atoms with E-state index in [0.29, 0.717) is 18.3 Å². The molecule has 1 aliphatic carbocycles. The summed E-state index contributed by atoms with van der Waals surface area (Å²) >= 11 is 0. The maximum Gasteiger partial charge on any atom is 0.416 e. The summed E-state index contributed by atoms with van der Waals surface area (Å²) in [4.78, 5) is 0. The van der Waals surface area contributed by atoms with Crippen molar-refractivity contribution in [2.75, 3.05) is 12.3 Å². The van der Waals surface area contributed by atoms with Gasteiger partial charge in [0.2, 0.25) is 0 Å². The molecule has 1 aromatic rings. The Bertz CT molecular complexity index is 425. The average molecular weight is 273 g/mol. The number of alkyl halides is 3. The molecule has 1 fully saturated rings. The third kappa shape index (κ3) is 3.78. The molecule has 0 saturated heterocycles. The Morgan fingerprint density at radius 1 is 1.16 bits per heavy atom. The molecule has 0 bridgehead atoms. The van der Waals surface area contributed by atoms with E-state index in [0.717, 1.165) is 25.0 Å². The van der Waals surface area contributed by atoms with Crippen LogP contribution in [-0.2, 0) is 6.18 Å². The van der Waals surface area contributed by atoms with Crippen molar-refractivity contribution in [3.63, 3.8) is 0 Å². The first-order valence-corrected chi connectivity index (χ1v) is 6.56. The Morgan fingerprint density at radius 2 is 1.84 bits per heavy atom. The maximum absolute atomic E-state index is 12.5. The van der Waals surface area contributed by atoms with Crippen molar-refractivity contribution in [2.45, 2.75) is 38.3 Å². The van der Waals surface area contributed by atoms with E-state index in [4.69, 9.17) is 10.5 Å². The fraction of sp³-hybridized carbons (Fsp3) is 0.571. The van der Waals surface area contributed by atoms with E-state index < -0.39 is 11.7 Å². The first-order chi connectivity index (χ1) is 8.97. The molecule has 2 rings (SSSR count). The standard InChI is InChI=1S/C14H18F3NO/c15-14(16,17)11-6-7-13(12(18)8-11)19-9-10-4-2-1-3-5-10/h6-8,10H,1-5,9,18H2. The van der Waals surface area contributed by atoms with Crippen LogP contribution in [0.25, 0.3) is 0 Å². The van der Waals surface area contributed by atoms with Gasteiger partial charge in [-0.05, 0) is 37.0 Å². The van der Waals surface area contributed by atoms with Gasteiger partial charge in [-0.3, -0.25) is 0 Å². The lowest BCUT2D eigenvalue weighted by atomic mass is 9.90. The topological polar surface area (TPSA) is 35.2 Å². The highest BCUT2D eigenvalue weighted by atomic mass is 19.4. The average Bonchev–Trinajstić information content (AvgIpc) is 2.37. The second-order valence-electron chi connectivity index (χ2n) is 5.07. The molecule has 0 radical (unpaired) electrons. The SMILES string of the molecule is Nc1cc(C(F)(F)F)ccc1OCC1CCCCC1. The van der Waals surface area contributed by atoms with Crippen molar-refractivity contribution in [2.24, 2.45) is 5.92 Å². The van der Waals surface area contributed by atoms with E-state index in [1.807, 2.05) is 0 Å². The second kappa shape index (κ2) is 5.72. The molecule has 0 atom stereocenters. The Balaban J connectivity index is 1.97. The summed E-state index contributed by atoms with van der Waals surface area (Å²) in [6.45, 7) is 0.537. The first-order valence-electron chi connectivity index (χ1n) is 6.56. The number of nitrogen functional groups attached to an aromatic ring is 1. The molecule has 5 heteroatoms. The van der Waals surface area contributed by atoms with Gasteiger partial charge in [-0.1, -0.05) is 19.3 Å². The Hall–Kier alpha value is -1.39. The van der Waals surface area contributed by atoms with Gasteiger partial charge in [0.25, 0.3) is 0 Å². The normalized spacial score (nSPS) is 17.4. The van der Waals surface area contributed by atoms with Crippen LogP contribution in [0.4, 0.5) is 18.9 Å². The van der Waals surface area contributed by atoms with E-state index >= 15 is 0 Å². The van der Waals surface area contributed by atoms with Crippen molar-refractivity contribution in [1.29, 1.82) is 0 Å². The van der Waals surface area contributed by atoms with Crippen LogP contribution in [0.3, 0.4) is 0 Å². The summed E-state index contributed by atoms with van der Waals surface area (Å²) in [7, 11) is 0. The van der Waals surface area contributed by atoms with Gasteiger partial charge in [0.05, 0.1) is 17.9 Å². The molecule has 0 unspecified atom stereocenters. The van der Waals surface area contributed by atoms with Gasteiger partial charge in [-0.25, -0.2) is 0 Å². The van der Waals surface area contributed by atoms with Gasteiger partial charge in [-0.2, -0.15) is 13.2 Å². The zero-order chi connectivity index (χ0) is 13.9. The third-order valence-corrected chi connectivity index (χ3v) is 3.54. The van der Waals surface area contributed by atoms with E-state index in [1.165, 1.54) is 25.3 Å². The zero-order valence-electron chi connectivity index (χ0n) is 10.7. The van der Waals surface area contributed by atoms with Crippen LogP contribution in [-0.4, -0.2) is 6.61 Å². The minimum absolute atomic E-state index is 0.0469. The Kier molecular flexibility index (Phi) is 4.22. The second-order valence-corrected chi connectivity index (χ2v) is 5.07. The lowest BCUT2D eigenvalue weighted by Gasteiger charge is -2.22. The number of benzene rings is 1. The maximum atomic E-state index is 12.5. The quantitative estimate of drug-likeness (QED) is 0.836. The summed E-state index contributed by atoms with van der Waals surface area (Å²) < 4.78 is 43.0. The molecule has 0 spiro atoms. The molecule has 1 aromatic carbocycles. The molecule has 0 heterocycles. The highest BCUT2D eigenvalue weighted by Crippen LogP contribution is 2.34. The molecule has 1 aliphatic rings. The molecule has 2 nitrogen and oxygen atoms in total. The van der Waals surface area contributed by atoms with Crippen LogP contribution in [0.1, 0.15) is 37.7 Å². The van der Waals surface area contributed by atoms with E-state index in [2.05, 4.69) is 0 Å². The summed E-state index contributed by atoms with van der Waals surface area (Å²) in [5, 5.41) is 0. The van der Waals surface area contributed by atoms with Gasteiger partial charge < -0.3 is 10.5 Å². The molecule has 2 N–H and O–H groups in total. The first kappa shape index (κ1) is 14.0. The van der Waals surface area contributed by atoms with E-state index in [-0.39, 0.29) is 5.69 Å². The van der Waals surface area contributed by atoms with E-state index in [9.17, 15) is 13.2 Å². The number of hydrogen-bond donors (Lipinski definition) is 1.